The molecule has 0 radical (unpaired) electrons. The predicted octanol–water partition coefficient (Wildman–Crippen LogP) is 3.41. The van der Waals surface area contributed by atoms with Gasteiger partial charge in [0, 0.05) is 63.3 Å². The van der Waals surface area contributed by atoms with E-state index in [2.05, 4.69) is 46.1 Å². The summed E-state index contributed by atoms with van der Waals surface area (Å²) < 4.78 is 10.8. The standard InChI is InChI=1S/C22H33N5O2S.HI/c1-5-23-22(24-9-8-21-25-15-17(2)30-21)27-12-10-26(11-13-27)16-18-6-7-19(28-3)20(14-18)29-4;/h6-7,14-15H,5,8-13,16H2,1-4H3,(H,23,24);1H. The molecular formula is C22H34IN5O2S. The molecule has 1 aliphatic heterocycles. The molecule has 1 aromatic heterocycles. The highest BCUT2D eigenvalue weighted by atomic mass is 127. The smallest absolute Gasteiger partial charge is 0.194 e. The summed E-state index contributed by atoms with van der Waals surface area (Å²) in [5.74, 6) is 2.56. The molecule has 0 saturated carbocycles. The SMILES string of the molecule is CCNC(=NCCc1ncc(C)s1)N1CCN(Cc2ccc(OC)c(OC)c2)CC1.I. The van der Waals surface area contributed by atoms with Gasteiger partial charge in [0.2, 0.25) is 0 Å². The molecule has 1 aromatic carbocycles. The van der Waals surface area contributed by atoms with E-state index in [0.717, 1.165) is 74.7 Å². The van der Waals surface area contributed by atoms with Crippen LogP contribution in [0.5, 0.6) is 11.5 Å². The number of aliphatic imine (C=N–C) groups is 1. The largest absolute Gasteiger partial charge is 0.493 e. The lowest BCUT2D eigenvalue weighted by Crippen LogP contribution is -2.52. The molecule has 2 aromatic rings. The number of piperazine rings is 1. The zero-order chi connectivity index (χ0) is 21.3. The van der Waals surface area contributed by atoms with Crippen molar-refractivity contribution in [2.45, 2.75) is 26.8 Å². The first-order valence-corrected chi connectivity index (χ1v) is 11.3. The van der Waals surface area contributed by atoms with Gasteiger partial charge in [-0.2, -0.15) is 0 Å². The molecule has 0 atom stereocenters. The van der Waals surface area contributed by atoms with E-state index in [1.807, 2.05) is 12.3 Å². The minimum atomic E-state index is 0. The molecule has 1 fully saturated rings. The fourth-order valence-electron chi connectivity index (χ4n) is 3.56. The number of hydrogen-bond donors (Lipinski definition) is 1. The van der Waals surface area contributed by atoms with Crippen LogP contribution in [0.15, 0.2) is 29.4 Å². The predicted molar refractivity (Wildman–Crippen MR) is 138 cm³/mol. The van der Waals surface area contributed by atoms with E-state index in [0.29, 0.717) is 0 Å². The van der Waals surface area contributed by atoms with Crippen LogP contribution in [-0.2, 0) is 13.0 Å². The van der Waals surface area contributed by atoms with Crippen LogP contribution in [0.25, 0.3) is 0 Å². The van der Waals surface area contributed by atoms with E-state index in [-0.39, 0.29) is 24.0 Å². The molecule has 3 rings (SSSR count). The number of aromatic nitrogens is 1. The van der Waals surface area contributed by atoms with E-state index < -0.39 is 0 Å². The summed E-state index contributed by atoms with van der Waals surface area (Å²) >= 11 is 1.76. The molecule has 0 amide bonds. The summed E-state index contributed by atoms with van der Waals surface area (Å²) in [6.07, 6.45) is 2.83. The number of ether oxygens (including phenoxy) is 2. The van der Waals surface area contributed by atoms with Gasteiger partial charge in [0.1, 0.15) is 0 Å². The number of hydrogen-bond acceptors (Lipinski definition) is 6. The highest BCUT2D eigenvalue weighted by molar-refractivity contribution is 14.0. The van der Waals surface area contributed by atoms with Crippen molar-refractivity contribution in [3.05, 3.63) is 39.8 Å². The molecule has 1 saturated heterocycles. The van der Waals surface area contributed by atoms with E-state index in [1.165, 1.54) is 10.4 Å². The van der Waals surface area contributed by atoms with Gasteiger partial charge in [-0.25, -0.2) is 4.98 Å². The van der Waals surface area contributed by atoms with Crippen molar-refractivity contribution in [1.29, 1.82) is 0 Å². The summed E-state index contributed by atoms with van der Waals surface area (Å²) in [7, 11) is 3.34. The van der Waals surface area contributed by atoms with Gasteiger partial charge >= 0.3 is 0 Å². The van der Waals surface area contributed by atoms with Gasteiger partial charge in [-0.15, -0.1) is 35.3 Å². The van der Waals surface area contributed by atoms with Gasteiger partial charge < -0.3 is 19.7 Å². The van der Waals surface area contributed by atoms with Gasteiger partial charge in [-0.05, 0) is 31.5 Å². The molecular weight excluding hydrogens is 525 g/mol. The molecule has 0 spiro atoms. The Bertz CT molecular complexity index is 837. The normalized spacial score (nSPS) is 14.8. The lowest BCUT2D eigenvalue weighted by Gasteiger charge is -2.36. The van der Waals surface area contributed by atoms with Gasteiger partial charge in [0.25, 0.3) is 0 Å². The summed E-state index contributed by atoms with van der Waals surface area (Å²) in [5.41, 5.74) is 1.24. The number of aryl methyl sites for hydroxylation is 1. The minimum Gasteiger partial charge on any atom is -0.493 e. The quantitative estimate of drug-likeness (QED) is 0.304. The van der Waals surface area contributed by atoms with Crippen molar-refractivity contribution in [1.82, 2.24) is 20.1 Å². The summed E-state index contributed by atoms with van der Waals surface area (Å²) in [6.45, 7) is 10.7. The first-order valence-electron chi connectivity index (χ1n) is 10.5. The zero-order valence-electron chi connectivity index (χ0n) is 18.9. The highest BCUT2D eigenvalue weighted by Gasteiger charge is 2.20. The van der Waals surface area contributed by atoms with Crippen molar-refractivity contribution in [3.63, 3.8) is 0 Å². The maximum atomic E-state index is 5.43. The second kappa shape index (κ2) is 13.1. The van der Waals surface area contributed by atoms with Gasteiger partial charge in [0.15, 0.2) is 17.5 Å². The van der Waals surface area contributed by atoms with E-state index >= 15 is 0 Å². The Hall–Kier alpha value is -1.59. The number of nitrogens with zero attached hydrogens (tertiary/aromatic N) is 4. The molecule has 2 heterocycles. The summed E-state index contributed by atoms with van der Waals surface area (Å²) in [5, 5.41) is 4.61. The van der Waals surface area contributed by atoms with Crippen molar-refractivity contribution in [2.75, 3.05) is 53.5 Å². The minimum absolute atomic E-state index is 0. The Labute approximate surface area is 206 Å². The zero-order valence-corrected chi connectivity index (χ0v) is 22.0. The highest BCUT2D eigenvalue weighted by Crippen LogP contribution is 2.28. The van der Waals surface area contributed by atoms with Crippen LogP contribution < -0.4 is 14.8 Å². The second-order valence-corrected chi connectivity index (χ2v) is 8.62. The number of methoxy groups -OCH3 is 2. The number of thiazole rings is 1. The lowest BCUT2D eigenvalue weighted by molar-refractivity contribution is 0.172. The maximum absolute atomic E-state index is 5.43. The summed E-state index contributed by atoms with van der Waals surface area (Å²) in [6, 6.07) is 6.15. The Morgan fingerprint density at radius 1 is 1.16 bits per heavy atom. The molecule has 1 aliphatic rings. The molecule has 0 aliphatic carbocycles. The first-order chi connectivity index (χ1) is 14.6. The van der Waals surface area contributed by atoms with Gasteiger partial charge in [0.05, 0.1) is 19.2 Å². The number of benzene rings is 1. The molecule has 7 nitrogen and oxygen atoms in total. The van der Waals surface area contributed by atoms with Crippen LogP contribution in [0.2, 0.25) is 0 Å². The third kappa shape index (κ3) is 7.50. The van der Waals surface area contributed by atoms with Crippen LogP contribution >= 0.6 is 35.3 Å². The molecule has 1 N–H and O–H groups in total. The van der Waals surface area contributed by atoms with Crippen molar-refractivity contribution >= 4 is 41.3 Å². The molecule has 172 valence electrons. The maximum Gasteiger partial charge on any atom is 0.194 e. The fraction of sp³-hybridized carbons (Fsp3) is 0.545. The average Bonchev–Trinajstić information content (AvgIpc) is 3.18. The van der Waals surface area contributed by atoms with E-state index in [9.17, 15) is 0 Å². The van der Waals surface area contributed by atoms with E-state index in [4.69, 9.17) is 14.5 Å². The molecule has 0 bridgehead atoms. The van der Waals surface area contributed by atoms with Crippen molar-refractivity contribution in [3.8, 4) is 11.5 Å². The molecule has 31 heavy (non-hydrogen) atoms. The molecule has 9 heteroatoms. The van der Waals surface area contributed by atoms with Crippen molar-refractivity contribution < 1.29 is 9.47 Å². The average molecular weight is 560 g/mol. The van der Waals surface area contributed by atoms with Crippen LogP contribution in [0.4, 0.5) is 0 Å². The van der Waals surface area contributed by atoms with E-state index in [1.54, 1.807) is 25.6 Å². The monoisotopic (exact) mass is 559 g/mol. The third-order valence-electron chi connectivity index (χ3n) is 5.12. The topological polar surface area (TPSA) is 62.2 Å². The van der Waals surface area contributed by atoms with Gasteiger partial charge in [-0.1, -0.05) is 6.07 Å². The number of guanidine groups is 1. The summed E-state index contributed by atoms with van der Waals surface area (Å²) in [4.78, 5) is 15.4. The first kappa shape index (κ1) is 25.7. The Morgan fingerprint density at radius 2 is 1.90 bits per heavy atom. The fourth-order valence-corrected chi connectivity index (χ4v) is 4.33. The lowest BCUT2D eigenvalue weighted by atomic mass is 10.1. The Balaban J connectivity index is 0.00000341. The van der Waals surface area contributed by atoms with Crippen LogP contribution in [0.1, 0.15) is 22.4 Å². The van der Waals surface area contributed by atoms with Crippen molar-refractivity contribution in [2.24, 2.45) is 4.99 Å². The van der Waals surface area contributed by atoms with Gasteiger partial charge in [-0.3, -0.25) is 9.89 Å². The molecule has 0 unspecified atom stereocenters. The number of rotatable bonds is 8. The van der Waals surface area contributed by atoms with Crippen LogP contribution in [0.3, 0.4) is 0 Å². The second-order valence-electron chi connectivity index (χ2n) is 7.30. The van der Waals surface area contributed by atoms with Crippen LogP contribution in [0, 0.1) is 6.92 Å². The number of nitrogens with one attached hydrogen (secondary N) is 1. The Morgan fingerprint density at radius 3 is 2.52 bits per heavy atom. The Kier molecular flexibility index (Phi) is 10.8. The number of halogens is 1. The third-order valence-corrected chi connectivity index (χ3v) is 6.09. The van der Waals surface area contributed by atoms with Crippen LogP contribution in [-0.4, -0.2) is 74.2 Å².